The number of methoxy groups -OCH3 is 1. The van der Waals surface area contributed by atoms with Gasteiger partial charge in [-0.05, 0) is 32.7 Å². The van der Waals surface area contributed by atoms with E-state index in [0.717, 1.165) is 12.5 Å². The summed E-state index contributed by atoms with van der Waals surface area (Å²) in [5, 5.41) is 3.60. The van der Waals surface area contributed by atoms with Crippen LogP contribution in [0.15, 0.2) is 0 Å². The molecule has 0 radical (unpaired) electrons. The van der Waals surface area contributed by atoms with Gasteiger partial charge in [0, 0.05) is 13.2 Å². The minimum Gasteiger partial charge on any atom is -0.377 e. The van der Waals surface area contributed by atoms with Gasteiger partial charge in [0.1, 0.15) is 0 Å². The van der Waals surface area contributed by atoms with Gasteiger partial charge in [-0.15, -0.1) is 0 Å². The van der Waals surface area contributed by atoms with E-state index in [1.807, 2.05) is 7.11 Å². The molecule has 1 unspecified atom stereocenters. The second-order valence-electron chi connectivity index (χ2n) is 5.66. The van der Waals surface area contributed by atoms with E-state index in [2.05, 4.69) is 26.1 Å². The van der Waals surface area contributed by atoms with Crippen molar-refractivity contribution < 1.29 is 4.74 Å². The van der Waals surface area contributed by atoms with Crippen LogP contribution < -0.4 is 5.32 Å². The fourth-order valence-electron chi connectivity index (χ4n) is 2.76. The largest absolute Gasteiger partial charge is 0.377 e. The molecule has 0 spiro atoms. The molecule has 1 N–H and O–H groups in total. The summed E-state index contributed by atoms with van der Waals surface area (Å²) in [6.07, 6.45) is 8.40. The third-order valence-corrected chi connectivity index (χ3v) is 4.11. The lowest BCUT2D eigenvalue weighted by Gasteiger charge is -2.37. The maximum Gasteiger partial charge on any atom is 0.0775 e. The van der Waals surface area contributed by atoms with E-state index in [1.165, 1.54) is 38.5 Å². The molecule has 0 bridgehead atoms. The maximum absolute atomic E-state index is 5.63. The van der Waals surface area contributed by atoms with Crippen LogP contribution >= 0.6 is 0 Å². The lowest BCUT2D eigenvalue weighted by Crippen LogP contribution is -2.49. The monoisotopic (exact) mass is 227 g/mol. The Hall–Kier alpha value is -0.0800. The van der Waals surface area contributed by atoms with Crippen LogP contribution in [0.2, 0.25) is 0 Å². The standard InChI is InChI=1S/C14H29NO/c1-5-15-13(14(2,3)16-4)11-12-9-7-6-8-10-12/h12-13,15H,5-11H2,1-4H3. The fourth-order valence-corrected chi connectivity index (χ4v) is 2.76. The summed E-state index contributed by atoms with van der Waals surface area (Å²) in [4.78, 5) is 0. The van der Waals surface area contributed by atoms with E-state index in [-0.39, 0.29) is 5.60 Å². The third-order valence-electron chi connectivity index (χ3n) is 4.11. The summed E-state index contributed by atoms with van der Waals surface area (Å²) in [5.74, 6) is 0.909. The number of hydrogen-bond acceptors (Lipinski definition) is 2. The van der Waals surface area contributed by atoms with Gasteiger partial charge in [-0.1, -0.05) is 39.0 Å². The SMILES string of the molecule is CCNC(CC1CCCCC1)C(C)(C)OC. The molecule has 96 valence electrons. The average Bonchev–Trinajstić information content (AvgIpc) is 2.30. The van der Waals surface area contributed by atoms with E-state index in [1.54, 1.807) is 0 Å². The zero-order valence-corrected chi connectivity index (χ0v) is 11.5. The molecule has 1 aliphatic carbocycles. The Bertz CT molecular complexity index is 185. The number of likely N-dealkylation sites (N-methyl/N-ethyl adjacent to an activating group) is 1. The first-order valence-corrected chi connectivity index (χ1v) is 6.88. The molecule has 0 aromatic rings. The van der Waals surface area contributed by atoms with Crippen LogP contribution in [-0.4, -0.2) is 25.3 Å². The molecule has 0 aromatic heterocycles. The minimum atomic E-state index is -0.0482. The summed E-state index contributed by atoms with van der Waals surface area (Å²) in [6, 6.07) is 0.491. The number of ether oxygens (including phenoxy) is 1. The molecular weight excluding hydrogens is 198 g/mol. The second kappa shape index (κ2) is 6.61. The summed E-state index contributed by atoms with van der Waals surface area (Å²) in [5.41, 5.74) is -0.0482. The van der Waals surface area contributed by atoms with E-state index in [0.29, 0.717) is 6.04 Å². The summed E-state index contributed by atoms with van der Waals surface area (Å²) >= 11 is 0. The van der Waals surface area contributed by atoms with Gasteiger partial charge in [0.25, 0.3) is 0 Å². The Kier molecular flexibility index (Phi) is 5.77. The molecule has 0 heterocycles. The van der Waals surface area contributed by atoms with E-state index in [4.69, 9.17) is 4.74 Å². The predicted molar refractivity (Wildman–Crippen MR) is 69.7 cm³/mol. The Labute approximate surface area is 101 Å². The Balaban J connectivity index is 2.49. The van der Waals surface area contributed by atoms with Gasteiger partial charge in [0.15, 0.2) is 0 Å². The van der Waals surface area contributed by atoms with E-state index in [9.17, 15) is 0 Å². The van der Waals surface area contributed by atoms with Crippen molar-refractivity contribution in [2.75, 3.05) is 13.7 Å². The second-order valence-corrected chi connectivity index (χ2v) is 5.66. The first-order chi connectivity index (χ1) is 7.60. The zero-order chi connectivity index (χ0) is 12.0. The van der Waals surface area contributed by atoms with Crippen molar-refractivity contribution in [2.45, 2.75) is 70.9 Å². The molecule has 1 atom stereocenters. The van der Waals surface area contributed by atoms with Crippen LogP contribution in [0.5, 0.6) is 0 Å². The molecule has 16 heavy (non-hydrogen) atoms. The molecule has 1 aliphatic rings. The highest BCUT2D eigenvalue weighted by Crippen LogP contribution is 2.30. The van der Waals surface area contributed by atoms with Crippen molar-refractivity contribution in [1.29, 1.82) is 0 Å². The van der Waals surface area contributed by atoms with Gasteiger partial charge in [-0.3, -0.25) is 0 Å². The van der Waals surface area contributed by atoms with Gasteiger partial charge in [-0.2, -0.15) is 0 Å². The van der Waals surface area contributed by atoms with Crippen molar-refractivity contribution in [1.82, 2.24) is 5.32 Å². The fraction of sp³-hybridized carbons (Fsp3) is 1.00. The molecule has 0 aromatic carbocycles. The summed E-state index contributed by atoms with van der Waals surface area (Å²) < 4.78 is 5.63. The Morgan fingerprint density at radius 3 is 2.38 bits per heavy atom. The lowest BCUT2D eigenvalue weighted by atomic mass is 9.81. The summed E-state index contributed by atoms with van der Waals surface area (Å²) in [7, 11) is 1.82. The highest BCUT2D eigenvalue weighted by Gasteiger charge is 2.31. The van der Waals surface area contributed by atoms with Crippen molar-refractivity contribution in [3.05, 3.63) is 0 Å². The van der Waals surface area contributed by atoms with Crippen LogP contribution in [0.25, 0.3) is 0 Å². The predicted octanol–water partition coefficient (Wildman–Crippen LogP) is 3.36. The van der Waals surface area contributed by atoms with Crippen molar-refractivity contribution >= 4 is 0 Å². The normalized spacial score (nSPS) is 21.0. The molecule has 0 aliphatic heterocycles. The van der Waals surface area contributed by atoms with E-state index < -0.39 is 0 Å². The van der Waals surface area contributed by atoms with Crippen LogP contribution in [0.4, 0.5) is 0 Å². The molecule has 2 nitrogen and oxygen atoms in total. The highest BCUT2D eigenvalue weighted by molar-refractivity contribution is 4.87. The van der Waals surface area contributed by atoms with Crippen LogP contribution in [0.1, 0.15) is 59.3 Å². The van der Waals surface area contributed by atoms with Crippen LogP contribution in [0.3, 0.4) is 0 Å². The third kappa shape index (κ3) is 4.06. The van der Waals surface area contributed by atoms with Gasteiger partial charge >= 0.3 is 0 Å². The molecular formula is C14H29NO. The lowest BCUT2D eigenvalue weighted by molar-refractivity contribution is -0.0178. The van der Waals surface area contributed by atoms with Gasteiger partial charge in [-0.25, -0.2) is 0 Å². The zero-order valence-electron chi connectivity index (χ0n) is 11.5. The highest BCUT2D eigenvalue weighted by atomic mass is 16.5. The first kappa shape index (κ1) is 14.0. The molecule has 1 saturated carbocycles. The van der Waals surface area contributed by atoms with Crippen molar-refractivity contribution in [2.24, 2.45) is 5.92 Å². The molecule has 1 rings (SSSR count). The van der Waals surface area contributed by atoms with Crippen LogP contribution in [0, 0.1) is 5.92 Å². The first-order valence-electron chi connectivity index (χ1n) is 6.88. The summed E-state index contributed by atoms with van der Waals surface area (Å²) in [6.45, 7) is 7.61. The number of rotatable bonds is 6. The quantitative estimate of drug-likeness (QED) is 0.751. The van der Waals surface area contributed by atoms with Gasteiger partial charge in [0.05, 0.1) is 5.60 Å². The van der Waals surface area contributed by atoms with Crippen molar-refractivity contribution in [3.8, 4) is 0 Å². The average molecular weight is 227 g/mol. The van der Waals surface area contributed by atoms with E-state index >= 15 is 0 Å². The Morgan fingerprint density at radius 2 is 1.88 bits per heavy atom. The molecule has 0 amide bonds. The van der Waals surface area contributed by atoms with Crippen LogP contribution in [-0.2, 0) is 4.74 Å². The Morgan fingerprint density at radius 1 is 1.25 bits per heavy atom. The smallest absolute Gasteiger partial charge is 0.0775 e. The number of nitrogens with one attached hydrogen (secondary N) is 1. The van der Waals surface area contributed by atoms with Gasteiger partial charge in [0.2, 0.25) is 0 Å². The maximum atomic E-state index is 5.63. The molecule has 1 fully saturated rings. The topological polar surface area (TPSA) is 21.3 Å². The van der Waals surface area contributed by atoms with Crippen molar-refractivity contribution in [3.63, 3.8) is 0 Å². The number of hydrogen-bond donors (Lipinski definition) is 1. The molecule has 0 saturated heterocycles. The van der Waals surface area contributed by atoms with Gasteiger partial charge < -0.3 is 10.1 Å². The minimum absolute atomic E-state index is 0.0482. The molecule has 2 heteroatoms.